The summed E-state index contributed by atoms with van der Waals surface area (Å²) >= 11 is 0. The summed E-state index contributed by atoms with van der Waals surface area (Å²) in [6.07, 6.45) is 4.34. The third kappa shape index (κ3) is 2.85. The molecule has 0 aromatic carbocycles. The second-order valence-electron chi connectivity index (χ2n) is 3.39. The zero-order valence-corrected chi connectivity index (χ0v) is 7.59. The second kappa shape index (κ2) is 3.67. The van der Waals surface area contributed by atoms with Crippen LogP contribution in [0, 0.1) is 0 Å². The van der Waals surface area contributed by atoms with Crippen LogP contribution < -0.4 is 0 Å². The molecule has 0 saturated heterocycles. The second-order valence-corrected chi connectivity index (χ2v) is 3.39. The minimum Gasteiger partial charge on any atom is -0.305 e. The molecule has 1 heterocycles. The lowest BCUT2D eigenvalue weighted by Crippen LogP contribution is -2.16. The molecule has 0 saturated carbocycles. The van der Waals surface area contributed by atoms with E-state index in [1.54, 1.807) is 0 Å². The molecule has 62 valence electrons. The van der Waals surface area contributed by atoms with Gasteiger partial charge in [0.2, 0.25) is 0 Å². The third-order valence-electron chi connectivity index (χ3n) is 1.79. The van der Waals surface area contributed by atoms with Crippen molar-refractivity contribution in [1.82, 2.24) is 4.90 Å². The maximum absolute atomic E-state index is 4.29. The SMILES string of the molecule is CC1=NC=C(CN(C)C)CC1. The van der Waals surface area contributed by atoms with E-state index >= 15 is 0 Å². The summed E-state index contributed by atoms with van der Waals surface area (Å²) in [7, 11) is 4.18. The standard InChI is InChI=1S/C9H16N2/c1-8-4-5-9(6-10-8)7-11(2)3/h6H,4-5,7H2,1-3H3. The molecule has 0 fully saturated rings. The average molecular weight is 152 g/mol. The van der Waals surface area contributed by atoms with E-state index in [4.69, 9.17) is 0 Å². The maximum atomic E-state index is 4.29. The minimum absolute atomic E-state index is 1.05. The molecule has 0 aromatic rings. The number of nitrogens with zero attached hydrogens (tertiary/aromatic N) is 2. The molecule has 0 atom stereocenters. The summed E-state index contributed by atoms with van der Waals surface area (Å²) in [4.78, 5) is 6.47. The van der Waals surface area contributed by atoms with E-state index < -0.39 is 0 Å². The molecule has 0 bridgehead atoms. The van der Waals surface area contributed by atoms with Crippen molar-refractivity contribution in [3.05, 3.63) is 11.8 Å². The minimum atomic E-state index is 1.05. The number of likely N-dealkylation sites (N-methyl/N-ethyl adjacent to an activating group) is 1. The van der Waals surface area contributed by atoms with Gasteiger partial charge in [-0.15, -0.1) is 0 Å². The first kappa shape index (κ1) is 8.47. The Morgan fingerprint density at radius 2 is 2.18 bits per heavy atom. The number of hydrogen-bond acceptors (Lipinski definition) is 2. The first-order valence-electron chi connectivity index (χ1n) is 4.04. The maximum Gasteiger partial charge on any atom is 0.0272 e. The van der Waals surface area contributed by atoms with Crippen molar-refractivity contribution in [2.24, 2.45) is 4.99 Å². The third-order valence-corrected chi connectivity index (χ3v) is 1.79. The largest absolute Gasteiger partial charge is 0.305 e. The topological polar surface area (TPSA) is 15.6 Å². The van der Waals surface area contributed by atoms with Crippen LogP contribution in [-0.2, 0) is 0 Å². The summed E-state index contributed by atoms with van der Waals surface area (Å²) in [5, 5.41) is 0. The van der Waals surface area contributed by atoms with E-state index in [2.05, 4.69) is 30.9 Å². The summed E-state index contributed by atoms with van der Waals surface area (Å²) in [5.74, 6) is 0. The van der Waals surface area contributed by atoms with Gasteiger partial charge in [-0.1, -0.05) is 0 Å². The van der Waals surface area contributed by atoms with E-state index in [1.807, 2.05) is 6.20 Å². The Bertz CT molecular complexity index is 190. The average Bonchev–Trinajstić information content (AvgIpc) is 1.93. The Kier molecular flexibility index (Phi) is 2.83. The molecule has 1 rings (SSSR count). The molecule has 1 aliphatic rings. The van der Waals surface area contributed by atoms with Crippen molar-refractivity contribution >= 4 is 5.71 Å². The predicted molar refractivity (Wildman–Crippen MR) is 49.0 cm³/mol. The van der Waals surface area contributed by atoms with Crippen LogP contribution in [0.25, 0.3) is 0 Å². The van der Waals surface area contributed by atoms with Crippen molar-refractivity contribution in [3.63, 3.8) is 0 Å². The first-order chi connectivity index (χ1) is 5.18. The fourth-order valence-corrected chi connectivity index (χ4v) is 1.20. The number of rotatable bonds is 2. The highest BCUT2D eigenvalue weighted by molar-refractivity contribution is 5.83. The molecule has 2 heteroatoms. The fraction of sp³-hybridized carbons (Fsp3) is 0.667. The molecule has 1 aliphatic heterocycles. The zero-order valence-electron chi connectivity index (χ0n) is 7.59. The Hall–Kier alpha value is -0.630. The van der Waals surface area contributed by atoms with Crippen LogP contribution in [0.15, 0.2) is 16.8 Å². The van der Waals surface area contributed by atoms with Crippen molar-refractivity contribution in [1.29, 1.82) is 0 Å². The number of hydrogen-bond donors (Lipinski definition) is 0. The Morgan fingerprint density at radius 3 is 2.64 bits per heavy atom. The smallest absolute Gasteiger partial charge is 0.0272 e. The van der Waals surface area contributed by atoms with Gasteiger partial charge < -0.3 is 4.90 Å². The van der Waals surface area contributed by atoms with Crippen LogP contribution in [0.4, 0.5) is 0 Å². The van der Waals surface area contributed by atoms with Gasteiger partial charge in [0.05, 0.1) is 0 Å². The number of aliphatic imine (C=N–C) groups is 1. The molecule has 0 N–H and O–H groups in total. The monoisotopic (exact) mass is 152 g/mol. The van der Waals surface area contributed by atoms with Crippen molar-refractivity contribution in [3.8, 4) is 0 Å². The van der Waals surface area contributed by atoms with Gasteiger partial charge in [0.1, 0.15) is 0 Å². The lowest BCUT2D eigenvalue weighted by Gasteiger charge is -2.15. The highest BCUT2D eigenvalue weighted by atomic mass is 15.1. The normalized spacial score (nSPS) is 18.2. The molecule has 0 amide bonds. The van der Waals surface area contributed by atoms with Gasteiger partial charge >= 0.3 is 0 Å². The fourth-order valence-electron chi connectivity index (χ4n) is 1.20. The van der Waals surface area contributed by atoms with Crippen LogP contribution >= 0.6 is 0 Å². The van der Waals surface area contributed by atoms with Gasteiger partial charge in [0, 0.05) is 18.5 Å². The summed E-state index contributed by atoms with van der Waals surface area (Å²) < 4.78 is 0. The van der Waals surface area contributed by atoms with Gasteiger partial charge in [-0.25, -0.2) is 0 Å². The van der Waals surface area contributed by atoms with E-state index in [9.17, 15) is 0 Å². The predicted octanol–water partition coefficient (Wildman–Crippen LogP) is 1.69. The van der Waals surface area contributed by atoms with Gasteiger partial charge in [-0.05, 0) is 39.4 Å². The molecule has 0 radical (unpaired) electrons. The zero-order chi connectivity index (χ0) is 8.27. The molecule has 2 nitrogen and oxygen atoms in total. The molecule has 0 aliphatic carbocycles. The van der Waals surface area contributed by atoms with Crippen molar-refractivity contribution in [2.75, 3.05) is 20.6 Å². The lowest BCUT2D eigenvalue weighted by atomic mass is 10.1. The molecular weight excluding hydrogens is 136 g/mol. The van der Waals surface area contributed by atoms with Crippen LogP contribution in [-0.4, -0.2) is 31.3 Å². The highest BCUT2D eigenvalue weighted by Gasteiger charge is 2.04. The summed E-state index contributed by atoms with van der Waals surface area (Å²) in [6.45, 7) is 3.14. The first-order valence-corrected chi connectivity index (χ1v) is 4.04. The van der Waals surface area contributed by atoms with Crippen LogP contribution in [0.2, 0.25) is 0 Å². The van der Waals surface area contributed by atoms with E-state index in [0.717, 1.165) is 13.0 Å². The summed E-state index contributed by atoms with van der Waals surface area (Å²) in [6, 6.07) is 0. The highest BCUT2D eigenvalue weighted by Crippen LogP contribution is 2.12. The lowest BCUT2D eigenvalue weighted by molar-refractivity contribution is 0.438. The quantitative estimate of drug-likeness (QED) is 0.588. The molecular formula is C9H16N2. The van der Waals surface area contributed by atoms with Crippen LogP contribution in [0.5, 0.6) is 0 Å². The Labute approximate surface area is 68.6 Å². The van der Waals surface area contributed by atoms with Gasteiger partial charge in [0.25, 0.3) is 0 Å². The van der Waals surface area contributed by atoms with Gasteiger partial charge in [-0.3, -0.25) is 4.99 Å². The van der Waals surface area contributed by atoms with E-state index in [1.165, 1.54) is 17.7 Å². The molecule has 0 aromatic heterocycles. The van der Waals surface area contributed by atoms with Gasteiger partial charge in [-0.2, -0.15) is 0 Å². The van der Waals surface area contributed by atoms with Crippen LogP contribution in [0.1, 0.15) is 19.8 Å². The van der Waals surface area contributed by atoms with Crippen molar-refractivity contribution < 1.29 is 0 Å². The van der Waals surface area contributed by atoms with Crippen LogP contribution in [0.3, 0.4) is 0 Å². The molecule has 0 unspecified atom stereocenters. The van der Waals surface area contributed by atoms with E-state index in [0.29, 0.717) is 0 Å². The summed E-state index contributed by atoms with van der Waals surface area (Å²) in [5.41, 5.74) is 2.70. The molecule has 0 spiro atoms. The Balaban J connectivity index is 2.48. The van der Waals surface area contributed by atoms with Crippen molar-refractivity contribution in [2.45, 2.75) is 19.8 Å². The van der Waals surface area contributed by atoms with Gasteiger partial charge in [0.15, 0.2) is 0 Å². The Morgan fingerprint density at radius 1 is 1.45 bits per heavy atom. The van der Waals surface area contributed by atoms with E-state index in [-0.39, 0.29) is 0 Å². The molecule has 11 heavy (non-hydrogen) atoms.